The van der Waals surface area contributed by atoms with Crippen molar-refractivity contribution in [1.82, 2.24) is 10.2 Å². The Hall–Kier alpha value is -2.27. The third-order valence-corrected chi connectivity index (χ3v) is 5.33. The summed E-state index contributed by atoms with van der Waals surface area (Å²) in [5.74, 6) is 2.27. The van der Waals surface area contributed by atoms with E-state index >= 15 is 0 Å². The molecule has 2 heterocycles. The fourth-order valence-corrected chi connectivity index (χ4v) is 3.74. The predicted octanol–water partition coefficient (Wildman–Crippen LogP) is 3.78. The summed E-state index contributed by atoms with van der Waals surface area (Å²) in [4.78, 5) is 15.2. The second kappa shape index (κ2) is 7.96. The number of carbonyl (C=O) groups is 1. The van der Waals surface area contributed by atoms with E-state index in [1.165, 1.54) is 18.4 Å². The minimum Gasteiger partial charge on any atom is -0.497 e. The van der Waals surface area contributed by atoms with E-state index in [0.717, 1.165) is 30.2 Å². The number of likely N-dealkylation sites (tertiary alicyclic amines) is 1. The molecule has 1 aliphatic rings. The number of benzene rings is 1. The molecule has 1 N–H and O–H groups in total. The molecule has 1 fully saturated rings. The van der Waals surface area contributed by atoms with E-state index in [4.69, 9.17) is 9.15 Å². The monoisotopic (exact) mass is 356 g/mol. The first kappa shape index (κ1) is 18.5. The van der Waals surface area contributed by atoms with Crippen LogP contribution in [-0.4, -0.2) is 37.6 Å². The number of amides is 1. The van der Waals surface area contributed by atoms with Gasteiger partial charge in [-0.3, -0.25) is 9.69 Å². The molecule has 5 nitrogen and oxygen atoms in total. The van der Waals surface area contributed by atoms with Crippen molar-refractivity contribution in [3.63, 3.8) is 0 Å². The maximum Gasteiger partial charge on any atom is 0.255 e. The Morgan fingerprint density at radius 1 is 1.15 bits per heavy atom. The minimum absolute atomic E-state index is 0.0606. The summed E-state index contributed by atoms with van der Waals surface area (Å²) in [6, 6.07) is 8.31. The van der Waals surface area contributed by atoms with E-state index in [2.05, 4.69) is 22.3 Å². The van der Waals surface area contributed by atoms with Crippen molar-refractivity contribution in [3.05, 3.63) is 52.5 Å². The van der Waals surface area contributed by atoms with Crippen molar-refractivity contribution in [2.24, 2.45) is 0 Å². The normalized spacial score (nSPS) is 15.8. The molecule has 1 unspecified atom stereocenters. The number of furan rings is 1. The number of methoxy groups -OCH3 is 1. The summed E-state index contributed by atoms with van der Waals surface area (Å²) in [5, 5.41) is 3.13. The Morgan fingerprint density at radius 2 is 1.81 bits per heavy atom. The van der Waals surface area contributed by atoms with Gasteiger partial charge in [-0.15, -0.1) is 0 Å². The van der Waals surface area contributed by atoms with Gasteiger partial charge >= 0.3 is 0 Å². The Kier molecular flexibility index (Phi) is 5.67. The highest BCUT2D eigenvalue weighted by molar-refractivity contribution is 5.96. The van der Waals surface area contributed by atoms with Crippen molar-refractivity contribution in [1.29, 1.82) is 0 Å². The van der Waals surface area contributed by atoms with Crippen LogP contribution in [0.4, 0.5) is 0 Å². The van der Waals surface area contributed by atoms with Gasteiger partial charge in [0.25, 0.3) is 5.91 Å². The Morgan fingerprint density at radius 3 is 2.35 bits per heavy atom. The molecule has 0 radical (unpaired) electrons. The van der Waals surface area contributed by atoms with Gasteiger partial charge in [0.1, 0.15) is 17.3 Å². The molecule has 0 bridgehead atoms. The van der Waals surface area contributed by atoms with Crippen LogP contribution in [0, 0.1) is 20.8 Å². The van der Waals surface area contributed by atoms with Crippen LogP contribution in [-0.2, 0) is 0 Å². The smallest absolute Gasteiger partial charge is 0.255 e. The Balaban J connectivity index is 1.76. The van der Waals surface area contributed by atoms with Gasteiger partial charge in [-0.1, -0.05) is 12.1 Å². The number of hydrogen-bond acceptors (Lipinski definition) is 4. The molecule has 0 aliphatic carbocycles. The van der Waals surface area contributed by atoms with Gasteiger partial charge in [-0.05, 0) is 64.4 Å². The summed E-state index contributed by atoms with van der Waals surface area (Å²) in [6.07, 6.45) is 2.42. The summed E-state index contributed by atoms with van der Waals surface area (Å²) in [7, 11) is 1.67. The molecule has 1 amide bonds. The maximum atomic E-state index is 12.7. The van der Waals surface area contributed by atoms with Crippen LogP contribution in [0.5, 0.6) is 5.75 Å². The van der Waals surface area contributed by atoms with Crippen molar-refractivity contribution >= 4 is 5.91 Å². The van der Waals surface area contributed by atoms with Crippen LogP contribution >= 0.6 is 0 Å². The first-order valence-electron chi connectivity index (χ1n) is 9.24. The number of nitrogens with zero attached hydrogens (tertiary/aromatic N) is 1. The molecule has 140 valence electrons. The summed E-state index contributed by atoms with van der Waals surface area (Å²) >= 11 is 0. The van der Waals surface area contributed by atoms with Crippen LogP contribution in [0.15, 0.2) is 28.7 Å². The molecule has 1 aliphatic heterocycles. The van der Waals surface area contributed by atoms with E-state index in [1.54, 1.807) is 7.11 Å². The standard InChI is InChI=1S/C21H28N2O3/c1-14-15(2)26-16(3)20(14)21(24)22-13-19(23-11-5-6-12-23)17-7-9-18(25-4)10-8-17/h7-10,19H,5-6,11-13H2,1-4H3,(H,22,24). The lowest BCUT2D eigenvalue weighted by molar-refractivity contribution is 0.0936. The second-order valence-corrected chi connectivity index (χ2v) is 6.96. The molecular weight excluding hydrogens is 328 g/mol. The molecule has 5 heteroatoms. The molecule has 0 spiro atoms. The number of ether oxygens (including phenoxy) is 1. The zero-order valence-corrected chi connectivity index (χ0v) is 16.1. The largest absolute Gasteiger partial charge is 0.497 e. The van der Waals surface area contributed by atoms with Crippen LogP contribution in [0.1, 0.15) is 51.9 Å². The van der Waals surface area contributed by atoms with Gasteiger partial charge in [-0.25, -0.2) is 0 Å². The summed E-state index contributed by atoms with van der Waals surface area (Å²) in [6.45, 7) is 8.38. The molecule has 0 saturated carbocycles. The van der Waals surface area contributed by atoms with Crippen molar-refractivity contribution in [2.75, 3.05) is 26.7 Å². The van der Waals surface area contributed by atoms with Gasteiger partial charge < -0.3 is 14.5 Å². The topological polar surface area (TPSA) is 54.7 Å². The third-order valence-electron chi connectivity index (χ3n) is 5.33. The predicted molar refractivity (Wildman–Crippen MR) is 102 cm³/mol. The van der Waals surface area contributed by atoms with Gasteiger partial charge in [0, 0.05) is 12.1 Å². The van der Waals surface area contributed by atoms with E-state index < -0.39 is 0 Å². The lowest BCUT2D eigenvalue weighted by Gasteiger charge is -2.28. The van der Waals surface area contributed by atoms with E-state index in [-0.39, 0.29) is 11.9 Å². The summed E-state index contributed by atoms with van der Waals surface area (Å²) in [5.41, 5.74) is 2.78. The number of hydrogen-bond donors (Lipinski definition) is 1. The highest BCUT2D eigenvalue weighted by atomic mass is 16.5. The lowest BCUT2D eigenvalue weighted by Crippen LogP contribution is -2.37. The van der Waals surface area contributed by atoms with Gasteiger partial charge in [0.05, 0.1) is 18.7 Å². The zero-order valence-electron chi connectivity index (χ0n) is 16.1. The SMILES string of the molecule is COc1ccc(C(CNC(=O)c2c(C)oc(C)c2C)N2CCCC2)cc1. The van der Waals surface area contributed by atoms with E-state index in [1.807, 2.05) is 32.9 Å². The minimum atomic E-state index is -0.0606. The zero-order chi connectivity index (χ0) is 18.7. The highest BCUT2D eigenvalue weighted by Gasteiger charge is 2.25. The fourth-order valence-electron chi connectivity index (χ4n) is 3.74. The van der Waals surface area contributed by atoms with Crippen molar-refractivity contribution in [3.8, 4) is 5.75 Å². The van der Waals surface area contributed by atoms with Gasteiger partial charge in [-0.2, -0.15) is 0 Å². The number of carbonyl (C=O) groups excluding carboxylic acids is 1. The molecule has 1 aromatic carbocycles. The molecule has 1 aromatic heterocycles. The molecule has 2 aromatic rings. The van der Waals surface area contributed by atoms with Crippen LogP contribution in [0.2, 0.25) is 0 Å². The quantitative estimate of drug-likeness (QED) is 0.856. The molecular formula is C21H28N2O3. The Labute approximate surface area is 155 Å². The van der Waals surface area contributed by atoms with E-state index in [0.29, 0.717) is 17.9 Å². The van der Waals surface area contributed by atoms with Crippen molar-refractivity contribution < 1.29 is 13.9 Å². The second-order valence-electron chi connectivity index (χ2n) is 6.96. The Bertz CT molecular complexity index is 758. The van der Waals surface area contributed by atoms with Crippen LogP contribution in [0.3, 0.4) is 0 Å². The summed E-state index contributed by atoms with van der Waals surface area (Å²) < 4.78 is 10.9. The van der Waals surface area contributed by atoms with E-state index in [9.17, 15) is 4.79 Å². The average molecular weight is 356 g/mol. The first-order valence-corrected chi connectivity index (χ1v) is 9.24. The third kappa shape index (κ3) is 3.78. The highest BCUT2D eigenvalue weighted by Crippen LogP contribution is 2.27. The van der Waals surface area contributed by atoms with Gasteiger partial charge in [0.15, 0.2) is 0 Å². The van der Waals surface area contributed by atoms with Crippen LogP contribution < -0.4 is 10.1 Å². The number of rotatable bonds is 6. The van der Waals surface area contributed by atoms with Gasteiger partial charge in [0.2, 0.25) is 0 Å². The van der Waals surface area contributed by atoms with Crippen LogP contribution in [0.25, 0.3) is 0 Å². The first-order chi connectivity index (χ1) is 12.5. The lowest BCUT2D eigenvalue weighted by atomic mass is 10.0. The van der Waals surface area contributed by atoms with Crippen molar-refractivity contribution in [2.45, 2.75) is 39.7 Å². The number of nitrogens with one attached hydrogen (secondary N) is 1. The molecule has 3 rings (SSSR count). The molecule has 1 atom stereocenters. The molecule has 26 heavy (non-hydrogen) atoms. The molecule has 1 saturated heterocycles. The maximum absolute atomic E-state index is 12.7. The average Bonchev–Trinajstić information content (AvgIpc) is 3.24. The fraction of sp³-hybridized carbons (Fsp3) is 0.476. The number of aryl methyl sites for hydroxylation is 2.